The van der Waals surface area contributed by atoms with E-state index >= 15 is 0 Å². The molecular formula is C44H29N3O2. The molecule has 232 valence electrons. The first-order valence-corrected chi connectivity index (χ1v) is 16.5. The van der Waals surface area contributed by atoms with Gasteiger partial charge in [-0.3, -0.25) is 4.98 Å². The maximum absolute atomic E-state index is 6.26. The summed E-state index contributed by atoms with van der Waals surface area (Å²) in [4.78, 5) is 14.8. The molecule has 1 aliphatic rings. The lowest BCUT2D eigenvalue weighted by Crippen LogP contribution is -2.14. The van der Waals surface area contributed by atoms with Crippen LogP contribution in [0.5, 0.6) is 0 Å². The van der Waals surface area contributed by atoms with Gasteiger partial charge in [-0.1, -0.05) is 98.8 Å². The number of fused-ring (bicyclic) bond motifs is 6. The van der Waals surface area contributed by atoms with Crippen molar-refractivity contribution in [3.8, 4) is 56.4 Å². The van der Waals surface area contributed by atoms with Crippen LogP contribution < -0.4 is 0 Å². The summed E-state index contributed by atoms with van der Waals surface area (Å²) in [6, 6.07) is 46.0. The highest BCUT2D eigenvalue weighted by Crippen LogP contribution is 2.50. The van der Waals surface area contributed by atoms with Crippen LogP contribution in [0.4, 0.5) is 0 Å². The molecule has 0 fully saturated rings. The van der Waals surface area contributed by atoms with Crippen molar-refractivity contribution in [2.75, 3.05) is 0 Å². The number of nitrogens with zero attached hydrogens (tertiary/aromatic N) is 3. The molecule has 0 atom stereocenters. The molecule has 0 radical (unpaired) electrons. The van der Waals surface area contributed by atoms with Gasteiger partial charge in [-0.05, 0) is 81.7 Å². The smallest absolute Gasteiger partial charge is 0.227 e. The molecule has 0 bridgehead atoms. The third-order valence-corrected chi connectivity index (χ3v) is 9.98. The number of oxazole rings is 2. The van der Waals surface area contributed by atoms with Crippen molar-refractivity contribution >= 4 is 33.0 Å². The molecule has 6 aromatic carbocycles. The average Bonchev–Trinajstić information content (AvgIpc) is 3.84. The van der Waals surface area contributed by atoms with Crippen molar-refractivity contribution in [3.05, 3.63) is 151 Å². The number of para-hydroxylation sites is 4. The molecule has 0 unspecified atom stereocenters. The van der Waals surface area contributed by atoms with Crippen molar-refractivity contribution in [2.24, 2.45) is 0 Å². The van der Waals surface area contributed by atoms with Crippen LogP contribution in [0.1, 0.15) is 25.0 Å². The summed E-state index contributed by atoms with van der Waals surface area (Å²) in [7, 11) is 0. The number of pyridine rings is 1. The standard InChI is InChI=1S/C44H29N3O2/c1-44(2)35-14-6-5-12-31(35)32-20-19-26(24-36(32)44)41-33-13-4-3-11-30(33)34(25-45-41)27-21-28(42-46-37-15-7-9-17-39(37)48-42)23-29(22-27)43-47-38-16-8-10-18-40(38)49-43/h3-25H,1-2H3. The molecule has 0 amide bonds. The Morgan fingerprint density at radius 3 is 1.73 bits per heavy atom. The second-order valence-corrected chi connectivity index (χ2v) is 13.3. The number of hydrogen-bond donors (Lipinski definition) is 0. The summed E-state index contributed by atoms with van der Waals surface area (Å²) >= 11 is 0. The largest absolute Gasteiger partial charge is 0.436 e. The number of rotatable bonds is 4. The third kappa shape index (κ3) is 4.29. The number of aromatic nitrogens is 3. The van der Waals surface area contributed by atoms with E-state index in [0.717, 1.165) is 66.5 Å². The van der Waals surface area contributed by atoms with Crippen LogP contribution in [0.3, 0.4) is 0 Å². The minimum atomic E-state index is -0.0934. The molecule has 0 spiro atoms. The van der Waals surface area contributed by atoms with Gasteiger partial charge in [0.05, 0.1) is 5.69 Å². The van der Waals surface area contributed by atoms with Gasteiger partial charge in [-0.25, -0.2) is 9.97 Å². The predicted molar refractivity (Wildman–Crippen MR) is 196 cm³/mol. The predicted octanol–water partition coefficient (Wildman–Crippen LogP) is 11.5. The van der Waals surface area contributed by atoms with Gasteiger partial charge in [0.1, 0.15) is 11.0 Å². The first-order chi connectivity index (χ1) is 24.0. The molecular weight excluding hydrogens is 603 g/mol. The molecule has 0 N–H and O–H groups in total. The lowest BCUT2D eigenvalue weighted by atomic mass is 9.81. The van der Waals surface area contributed by atoms with Crippen LogP contribution >= 0.6 is 0 Å². The van der Waals surface area contributed by atoms with Crippen LogP contribution in [0.25, 0.3) is 89.4 Å². The Balaban J connectivity index is 1.16. The summed E-state index contributed by atoms with van der Waals surface area (Å²) in [5, 5.41) is 2.19. The van der Waals surface area contributed by atoms with Gasteiger partial charge >= 0.3 is 0 Å². The molecule has 3 heterocycles. The Labute approximate surface area is 282 Å². The summed E-state index contributed by atoms with van der Waals surface area (Å²) in [5.41, 5.74) is 14.0. The molecule has 9 aromatic rings. The zero-order valence-corrected chi connectivity index (χ0v) is 26.9. The van der Waals surface area contributed by atoms with Crippen LogP contribution in [0, 0.1) is 0 Å². The van der Waals surface area contributed by atoms with Gasteiger partial charge in [0, 0.05) is 39.3 Å². The molecule has 0 saturated heterocycles. The highest BCUT2D eigenvalue weighted by atomic mass is 16.4. The third-order valence-electron chi connectivity index (χ3n) is 9.98. The van der Waals surface area contributed by atoms with Gasteiger partial charge in [-0.15, -0.1) is 0 Å². The highest BCUT2D eigenvalue weighted by Gasteiger charge is 2.35. The lowest BCUT2D eigenvalue weighted by Gasteiger charge is -2.22. The molecule has 3 aromatic heterocycles. The monoisotopic (exact) mass is 631 g/mol. The first-order valence-electron chi connectivity index (χ1n) is 16.5. The Morgan fingerprint density at radius 2 is 1.04 bits per heavy atom. The zero-order chi connectivity index (χ0) is 32.7. The lowest BCUT2D eigenvalue weighted by molar-refractivity contribution is 0.617. The van der Waals surface area contributed by atoms with Crippen molar-refractivity contribution in [3.63, 3.8) is 0 Å². The second kappa shape index (κ2) is 10.3. The highest BCUT2D eigenvalue weighted by molar-refractivity contribution is 6.04. The van der Waals surface area contributed by atoms with E-state index in [2.05, 4.69) is 92.7 Å². The summed E-state index contributed by atoms with van der Waals surface area (Å²) in [5.74, 6) is 1.08. The van der Waals surface area contributed by atoms with Gasteiger partial charge in [-0.2, -0.15) is 0 Å². The van der Waals surface area contributed by atoms with Gasteiger partial charge in [0.25, 0.3) is 0 Å². The minimum absolute atomic E-state index is 0.0934. The van der Waals surface area contributed by atoms with Gasteiger partial charge in [0.2, 0.25) is 11.8 Å². The quantitative estimate of drug-likeness (QED) is 0.193. The molecule has 10 rings (SSSR count). The van der Waals surface area contributed by atoms with E-state index in [1.807, 2.05) is 60.8 Å². The molecule has 5 nitrogen and oxygen atoms in total. The Hall–Kier alpha value is -6.33. The van der Waals surface area contributed by atoms with E-state index in [1.165, 1.54) is 22.3 Å². The average molecular weight is 632 g/mol. The van der Waals surface area contributed by atoms with Crippen LogP contribution in [-0.4, -0.2) is 15.0 Å². The number of benzene rings is 6. The first kappa shape index (κ1) is 27.8. The van der Waals surface area contributed by atoms with Crippen LogP contribution in [0.15, 0.2) is 148 Å². The van der Waals surface area contributed by atoms with E-state index < -0.39 is 0 Å². The normalized spacial score (nSPS) is 13.3. The van der Waals surface area contributed by atoms with Crippen molar-refractivity contribution < 1.29 is 8.83 Å². The topological polar surface area (TPSA) is 65.0 Å². The molecule has 0 saturated carbocycles. The Kier molecular flexibility index (Phi) is 5.85. The van der Waals surface area contributed by atoms with Crippen molar-refractivity contribution in [1.29, 1.82) is 0 Å². The zero-order valence-electron chi connectivity index (χ0n) is 26.9. The summed E-state index contributed by atoms with van der Waals surface area (Å²) in [6.45, 7) is 4.63. The molecule has 5 heteroatoms. The molecule has 1 aliphatic carbocycles. The van der Waals surface area contributed by atoms with E-state index in [-0.39, 0.29) is 5.41 Å². The second-order valence-electron chi connectivity index (χ2n) is 13.3. The SMILES string of the molecule is CC1(C)c2ccccc2-c2ccc(-c3ncc(-c4cc(-c5nc6ccccc6o5)cc(-c5nc6ccccc6o5)c4)c4ccccc34)cc21. The Morgan fingerprint density at radius 1 is 0.469 bits per heavy atom. The summed E-state index contributed by atoms with van der Waals surface area (Å²) < 4.78 is 12.5. The maximum Gasteiger partial charge on any atom is 0.227 e. The van der Waals surface area contributed by atoms with E-state index in [4.69, 9.17) is 23.8 Å². The van der Waals surface area contributed by atoms with Crippen LogP contribution in [-0.2, 0) is 5.41 Å². The fourth-order valence-corrected chi connectivity index (χ4v) is 7.53. The fourth-order valence-electron chi connectivity index (χ4n) is 7.53. The summed E-state index contributed by atoms with van der Waals surface area (Å²) in [6.07, 6.45) is 1.99. The number of hydrogen-bond acceptors (Lipinski definition) is 5. The fraction of sp³-hybridized carbons (Fsp3) is 0.0682. The molecule has 0 aliphatic heterocycles. The van der Waals surface area contributed by atoms with E-state index in [0.29, 0.717) is 11.8 Å². The van der Waals surface area contributed by atoms with Gasteiger partial charge in [0.15, 0.2) is 11.2 Å². The van der Waals surface area contributed by atoms with E-state index in [9.17, 15) is 0 Å². The Bertz CT molecular complexity index is 2610. The van der Waals surface area contributed by atoms with Crippen LogP contribution in [0.2, 0.25) is 0 Å². The molecule has 49 heavy (non-hydrogen) atoms. The van der Waals surface area contributed by atoms with Crippen molar-refractivity contribution in [1.82, 2.24) is 15.0 Å². The minimum Gasteiger partial charge on any atom is -0.436 e. The van der Waals surface area contributed by atoms with Gasteiger partial charge < -0.3 is 8.83 Å². The maximum atomic E-state index is 6.26. The van der Waals surface area contributed by atoms with Crippen molar-refractivity contribution in [2.45, 2.75) is 19.3 Å². The van der Waals surface area contributed by atoms with E-state index in [1.54, 1.807) is 0 Å².